The summed E-state index contributed by atoms with van der Waals surface area (Å²) in [5, 5.41) is 7.60. The summed E-state index contributed by atoms with van der Waals surface area (Å²) in [5.41, 5.74) is 0. The highest BCUT2D eigenvalue weighted by atomic mass is 31.1. The van der Waals surface area contributed by atoms with Crippen LogP contribution in [0.2, 0.25) is 0 Å². The third-order valence-corrected chi connectivity index (χ3v) is 1.33. The first kappa shape index (κ1) is 13.8. The van der Waals surface area contributed by atoms with Gasteiger partial charge in [0.05, 0.1) is 7.11 Å². The van der Waals surface area contributed by atoms with Gasteiger partial charge in [0.1, 0.15) is 6.61 Å². The second kappa shape index (κ2) is 10.2. The summed E-state index contributed by atoms with van der Waals surface area (Å²) in [4.78, 5) is 9.25. The normalized spacial score (nSPS) is 9.33. The number of rotatable bonds is 4. The molecule has 0 rings (SSSR count). The SMILES string of the molecule is C=CC(=O)O.CCO[P+](=O)OC. The zero-order valence-corrected chi connectivity index (χ0v) is 7.91. The van der Waals surface area contributed by atoms with E-state index in [1.54, 1.807) is 6.92 Å². The van der Waals surface area contributed by atoms with Crippen molar-refractivity contribution < 1.29 is 23.5 Å². The molecule has 0 fully saturated rings. The highest BCUT2D eigenvalue weighted by Crippen LogP contribution is 2.20. The Morgan fingerprint density at radius 2 is 2.17 bits per heavy atom. The van der Waals surface area contributed by atoms with Crippen molar-refractivity contribution in [3.8, 4) is 0 Å². The number of hydrogen-bond acceptors (Lipinski definition) is 4. The molecule has 0 aromatic carbocycles. The predicted molar refractivity (Wildman–Crippen MR) is 44.1 cm³/mol. The number of carboxylic acid groups (broad SMARTS) is 1. The van der Waals surface area contributed by atoms with Crippen LogP contribution in [0.15, 0.2) is 12.7 Å². The van der Waals surface area contributed by atoms with Crippen molar-refractivity contribution in [1.82, 2.24) is 0 Å². The molecule has 0 bridgehead atoms. The Morgan fingerprint density at radius 1 is 1.75 bits per heavy atom. The minimum absolute atomic E-state index is 0.434. The number of carbonyl (C=O) groups is 1. The average Bonchev–Trinajstić information content (AvgIpc) is 2.06. The van der Waals surface area contributed by atoms with E-state index >= 15 is 0 Å². The summed E-state index contributed by atoms with van der Waals surface area (Å²) in [5.74, 6) is -0.981. The first-order valence-electron chi connectivity index (χ1n) is 3.08. The van der Waals surface area contributed by atoms with Gasteiger partial charge in [-0.25, -0.2) is 4.79 Å². The van der Waals surface area contributed by atoms with E-state index in [0.717, 1.165) is 6.08 Å². The molecule has 0 amide bonds. The number of carboxylic acids is 1. The van der Waals surface area contributed by atoms with Gasteiger partial charge in [0.15, 0.2) is 0 Å². The smallest absolute Gasteiger partial charge is 0.478 e. The van der Waals surface area contributed by atoms with E-state index in [4.69, 9.17) is 5.11 Å². The monoisotopic (exact) mass is 195 g/mol. The van der Waals surface area contributed by atoms with Gasteiger partial charge in [-0.3, -0.25) is 0 Å². The lowest BCUT2D eigenvalue weighted by Crippen LogP contribution is -1.82. The molecule has 1 N–H and O–H groups in total. The Hall–Kier alpha value is -0.770. The van der Waals surface area contributed by atoms with Crippen molar-refractivity contribution in [1.29, 1.82) is 0 Å². The maximum absolute atomic E-state index is 10.1. The number of aliphatic carboxylic acids is 1. The summed E-state index contributed by atoms with van der Waals surface area (Å²) in [6, 6.07) is 0. The Bertz CT molecular complexity index is 156. The third-order valence-electron chi connectivity index (χ3n) is 0.558. The molecule has 0 spiro atoms. The van der Waals surface area contributed by atoms with Crippen molar-refractivity contribution >= 4 is 14.2 Å². The summed E-state index contributed by atoms with van der Waals surface area (Å²) in [6.07, 6.45) is 0.833. The van der Waals surface area contributed by atoms with E-state index in [2.05, 4.69) is 15.6 Å². The highest BCUT2D eigenvalue weighted by Gasteiger charge is 2.13. The minimum atomic E-state index is -1.83. The van der Waals surface area contributed by atoms with Gasteiger partial charge in [0.2, 0.25) is 0 Å². The third kappa shape index (κ3) is 16.1. The van der Waals surface area contributed by atoms with Gasteiger partial charge in [-0.15, -0.1) is 9.05 Å². The second-order valence-corrected chi connectivity index (χ2v) is 2.44. The molecular formula is C6H12O5P+. The van der Waals surface area contributed by atoms with Gasteiger partial charge in [-0.2, -0.15) is 0 Å². The van der Waals surface area contributed by atoms with E-state index in [1.807, 2.05) is 0 Å². The fourth-order valence-corrected chi connectivity index (χ4v) is 0.474. The van der Waals surface area contributed by atoms with Crippen LogP contribution in [0.5, 0.6) is 0 Å². The molecule has 0 radical (unpaired) electrons. The highest BCUT2D eigenvalue weighted by molar-refractivity contribution is 7.33. The van der Waals surface area contributed by atoms with Crippen LogP contribution >= 0.6 is 8.25 Å². The number of hydrogen-bond donors (Lipinski definition) is 1. The average molecular weight is 195 g/mol. The zero-order valence-electron chi connectivity index (χ0n) is 7.02. The summed E-state index contributed by atoms with van der Waals surface area (Å²) in [7, 11) is -0.487. The molecule has 5 nitrogen and oxygen atoms in total. The maximum Gasteiger partial charge on any atom is 0.697 e. The Morgan fingerprint density at radius 3 is 2.25 bits per heavy atom. The van der Waals surface area contributed by atoms with Crippen LogP contribution in [-0.4, -0.2) is 24.8 Å². The first-order valence-corrected chi connectivity index (χ1v) is 4.17. The summed E-state index contributed by atoms with van der Waals surface area (Å²) >= 11 is 0. The lowest BCUT2D eigenvalue weighted by atomic mass is 10.7. The van der Waals surface area contributed by atoms with Gasteiger partial charge in [-0.1, -0.05) is 6.58 Å². The van der Waals surface area contributed by atoms with Crippen LogP contribution in [0.3, 0.4) is 0 Å². The first-order chi connectivity index (χ1) is 5.58. The lowest BCUT2D eigenvalue weighted by molar-refractivity contribution is -0.131. The molecule has 0 saturated heterocycles. The van der Waals surface area contributed by atoms with E-state index in [0.29, 0.717) is 6.61 Å². The quantitative estimate of drug-likeness (QED) is 0.544. The van der Waals surface area contributed by atoms with Gasteiger partial charge in [-0.05, 0) is 6.92 Å². The van der Waals surface area contributed by atoms with Gasteiger partial charge in [0.25, 0.3) is 0 Å². The molecule has 6 heteroatoms. The second-order valence-electron chi connectivity index (χ2n) is 1.37. The molecular weight excluding hydrogens is 183 g/mol. The van der Waals surface area contributed by atoms with Crippen molar-refractivity contribution in [2.45, 2.75) is 6.92 Å². The van der Waals surface area contributed by atoms with E-state index in [1.165, 1.54) is 7.11 Å². The van der Waals surface area contributed by atoms with Gasteiger partial charge >= 0.3 is 14.2 Å². The van der Waals surface area contributed by atoms with Gasteiger partial charge < -0.3 is 5.11 Å². The molecule has 70 valence electrons. The molecule has 0 aromatic rings. The largest absolute Gasteiger partial charge is 0.697 e. The standard InChI is InChI=1S/C3H8O3P.C3H4O2/c1-3-6-7(4)5-2;1-2-3(4)5/h3H2,1-2H3;2H,1H2,(H,4,5)/q+1;. The van der Waals surface area contributed by atoms with E-state index in [9.17, 15) is 9.36 Å². The Kier molecular flexibility index (Phi) is 11.8. The van der Waals surface area contributed by atoms with Crippen LogP contribution in [0.4, 0.5) is 0 Å². The minimum Gasteiger partial charge on any atom is -0.478 e. The van der Waals surface area contributed by atoms with Gasteiger partial charge in [0, 0.05) is 10.6 Å². The molecule has 12 heavy (non-hydrogen) atoms. The fraction of sp³-hybridized carbons (Fsp3) is 0.500. The molecule has 0 saturated carbocycles. The molecule has 0 aliphatic rings. The van der Waals surface area contributed by atoms with Crippen molar-refractivity contribution in [3.05, 3.63) is 12.7 Å². The van der Waals surface area contributed by atoms with E-state index in [-0.39, 0.29) is 0 Å². The lowest BCUT2D eigenvalue weighted by Gasteiger charge is -1.74. The molecule has 0 aliphatic heterocycles. The zero-order chi connectivity index (χ0) is 9.98. The topological polar surface area (TPSA) is 72.8 Å². The maximum atomic E-state index is 10.1. The van der Waals surface area contributed by atoms with Crippen molar-refractivity contribution in [2.75, 3.05) is 13.7 Å². The summed E-state index contributed by atoms with van der Waals surface area (Å²) < 4.78 is 18.9. The van der Waals surface area contributed by atoms with Crippen LogP contribution in [-0.2, 0) is 18.4 Å². The Labute approximate surface area is 71.9 Å². The van der Waals surface area contributed by atoms with E-state index < -0.39 is 14.2 Å². The molecule has 0 aliphatic carbocycles. The molecule has 1 unspecified atom stereocenters. The fourth-order valence-electron chi connectivity index (χ4n) is 0.158. The molecule has 1 atom stereocenters. The van der Waals surface area contributed by atoms with Crippen LogP contribution < -0.4 is 0 Å². The van der Waals surface area contributed by atoms with Crippen molar-refractivity contribution in [2.24, 2.45) is 0 Å². The molecule has 0 aromatic heterocycles. The Balaban J connectivity index is 0. The molecule has 0 heterocycles. The van der Waals surface area contributed by atoms with Crippen LogP contribution in [0.1, 0.15) is 6.92 Å². The predicted octanol–water partition coefficient (Wildman–Crippen LogP) is 1.58. The summed E-state index contributed by atoms with van der Waals surface area (Å²) in [6.45, 7) is 5.15. The van der Waals surface area contributed by atoms with Crippen LogP contribution in [0.25, 0.3) is 0 Å². The van der Waals surface area contributed by atoms with Crippen molar-refractivity contribution in [3.63, 3.8) is 0 Å². The van der Waals surface area contributed by atoms with Crippen LogP contribution in [0, 0.1) is 0 Å².